The molecule has 0 heterocycles. The number of hydrogen-bond donors (Lipinski definition) is 0. The maximum Gasteiger partial charge on any atom is 0.240 e. The van der Waals surface area contributed by atoms with E-state index < -0.39 is 0 Å². The van der Waals surface area contributed by atoms with Crippen molar-refractivity contribution in [1.29, 1.82) is 0 Å². The maximum atomic E-state index is 10.2. The van der Waals surface area contributed by atoms with E-state index in [2.05, 4.69) is 4.99 Å². The molecular weight excluding hydrogens is 265 g/mol. The van der Waals surface area contributed by atoms with Crippen LogP contribution in [0.5, 0.6) is 11.5 Å². The highest BCUT2D eigenvalue weighted by atomic mass is 35.5. The topological polar surface area (TPSA) is 47.9 Å². The Hall–Kier alpha value is -1.22. The van der Waals surface area contributed by atoms with Gasteiger partial charge < -0.3 is 9.47 Å². The van der Waals surface area contributed by atoms with Gasteiger partial charge in [-0.25, -0.2) is 4.79 Å². The second-order valence-corrected chi connectivity index (χ2v) is 3.71. The molecule has 0 saturated carbocycles. The molecule has 0 bridgehead atoms. The Labute approximate surface area is 109 Å². The van der Waals surface area contributed by atoms with E-state index in [1.54, 1.807) is 6.07 Å². The van der Waals surface area contributed by atoms with Crippen molar-refractivity contribution in [2.24, 2.45) is 4.99 Å². The molecule has 0 N–H and O–H groups in total. The molecule has 17 heavy (non-hydrogen) atoms. The zero-order chi connectivity index (χ0) is 12.7. The van der Waals surface area contributed by atoms with Crippen molar-refractivity contribution in [1.82, 2.24) is 0 Å². The Bertz CT molecular complexity index is 431. The number of aliphatic imine (C=N–C) groups is 1. The van der Waals surface area contributed by atoms with Crippen molar-refractivity contribution < 1.29 is 14.3 Å². The molecule has 0 saturated heterocycles. The van der Waals surface area contributed by atoms with Gasteiger partial charge in [-0.15, -0.1) is 11.6 Å². The van der Waals surface area contributed by atoms with Crippen molar-refractivity contribution in [2.75, 3.05) is 19.1 Å². The first kappa shape index (κ1) is 13.8. The summed E-state index contributed by atoms with van der Waals surface area (Å²) in [6.45, 7) is 2.60. The average Bonchev–Trinajstić information content (AvgIpc) is 2.31. The van der Waals surface area contributed by atoms with E-state index in [0.717, 1.165) is 0 Å². The molecule has 4 nitrogen and oxygen atoms in total. The van der Waals surface area contributed by atoms with Gasteiger partial charge in [-0.2, -0.15) is 4.99 Å². The molecule has 0 aliphatic heterocycles. The van der Waals surface area contributed by atoms with E-state index >= 15 is 0 Å². The lowest BCUT2D eigenvalue weighted by molar-refractivity contribution is 0.289. The van der Waals surface area contributed by atoms with Gasteiger partial charge in [-0.05, 0) is 13.0 Å². The highest BCUT2D eigenvalue weighted by Crippen LogP contribution is 2.39. The van der Waals surface area contributed by atoms with Crippen LogP contribution in [0, 0.1) is 0 Å². The smallest absolute Gasteiger partial charge is 0.240 e. The molecule has 0 radical (unpaired) electrons. The summed E-state index contributed by atoms with van der Waals surface area (Å²) < 4.78 is 10.7. The molecule has 1 aromatic carbocycles. The van der Waals surface area contributed by atoms with Crippen molar-refractivity contribution >= 4 is 35.0 Å². The fraction of sp³-hybridized carbons (Fsp3) is 0.364. The Balaban J connectivity index is 3.13. The highest BCUT2D eigenvalue weighted by Gasteiger charge is 2.12. The van der Waals surface area contributed by atoms with E-state index in [9.17, 15) is 4.79 Å². The summed E-state index contributed by atoms with van der Waals surface area (Å²) in [5.41, 5.74) is 0.359. The van der Waals surface area contributed by atoms with E-state index in [1.165, 1.54) is 12.1 Å². The van der Waals surface area contributed by atoms with Crippen molar-refractivity contribution in [3.63, 3.8) is 0 Å². The van der Waals surface area contributed by atoms with Crippen LogP contribution in [0.4, 0.5) is 5.69 Å². The van der Waals surface area contributed by atoms with E-state index in [0.29, 0.717) is 41.3 Å². The van der Waals surface area contributed by atoms with E-state index in [1.807, 2.05) is 6.92 Å². The van der Waals surface area contributed by atoms with Gasteiger partial charge in [0.2, 0.25) is 6.08 Å². The molecule has 0 aliphatic rings. The predicted octanol–water partition coefficient (Wildman–Crippen LogP) is 3.32. The minimum atomic E-state index is 0.312. The molecule has 1 rings (SSSR count). The van der Waals surface area contributed by atoms with Gasteiger partial charge in [0.05, 0.1) is 23.2 Å². The normalized spacial score (nSPS) is 9.59. The second-order valence-electron chi connectivity index (χ2n) is 2.93. The van der Waals surface area contributed by atoms with Crippen LogP contribution in [-0.2, 0) is 4.79 Å². The molecule has 92 valence electrons. The fourth-order valence-corrected chi connectivity index (χ4v) is 1.55. The third kappa shape index (κ3) is 3.93. The molecule has 6 heteroatoms. The lowest BCUT2D eigenvalue weighted by Crippen LogP contribution is -2.02. The Morgan fingerprint density at radius 2 is 2.18 bits per heavy atom. The number of benzene rings is 1. The van der Waals surface area contributed by atoms with Crippen LogP contribution in [0.15, 0.2) is 17.1 Å². The lowest BCUT2D eigenvalue weighted by atomic mass is 10.3. The Morgan fingerprint density at radius 1 is 1.41 bits per heavy atom. The highest BCUT2D eigenvalue weighted by molar-refractivity contribution is 6.32. The third-order valence-electron chi connectivity index (χ3n) is 1.79. The first-order chi connectivity index (χ1) is 8.22. The number of rotatable bonds is 6. The largest absolute Gasteiger partial charge is 0.488 e. The van der Waals surface area contributed by atoms with Gasteiger partial charge in [0.15, 0.2) is 11.5 Å². The molecule has 0 atom stereocenters. The van der Waals surface area contributed by atoms with Gasteiger partial charge in [-0.3, -0.25) is 0 Å². The molecule has 0 aliphatic carbocycles. The summed E-state index contributed by atoms with van der Waals surface area (Å²) in [6, 6.07) is 3.05. The molecule has 0 fully saturated rings. The van der Waals surface area contributed by atoms with Crippen LogP contribution in [0.3, 0.4) is 0 Å². The average molecular weight is 276 g/mol. The third-order valence-corrected chi connectivity index (χ3v) is 2.23. The van der Waals surface area contributed by atoms with Crippen LogP contribution in [0.2, 0.25) is 5.02 Å². The van der Waals surface area contributed by atoms with Gasteiger partial charge in [0.25, 0.3) is 0 Å². The van der Waals surface area contributed by atoms with Gasteiger partial charge in [0.1, 0.15) is 6.61 Å². The van der Waals surface area contributed by atoms with Crippen LogP contribution in [0.1, 0.15) is 6.92 Å². The van der Waals surface area contributed by atoms with Gasteiger partial charge in [0, 0.05) is 6.07 Å². The summed E-state index contributed by atoms with van der Waals surface area (Å²) in [5.74, 6) is 1.17. The first-order valence-electron chi connectivity index (χ1n) is 4.95. The number of halogens is 2. The minimum absolute atomic E-state index is 0.312. The zero-order valence-corrected chi connectivity index (χ0v) is 10.7. The first-order valence-corrected chi connectivity index (χ1v) is 5.87. The molecule has 0 unspecified atom stereocenters. The molecule has 0 aromatic heterocycles. The standard InChI is InChI=1S/C11H11Cl2NO3/c1-2-16-11-9(13)5-8(14-7-15)6-10(11)17-4-3-12/h5-6H,2-4H2,1H3. The summed E-state index contributed by atoms with van der Waals surface area (Å²) in [5, 5.41) is 0.327. The summed E-state index contributed by atoms with van der Waals surface area (Å²) in [6.07, 6.45) is 1.44. The number of isocyanates is 1. The summed E-state index contributed by atoms with van der Waals surface area (Å²) >= 11 is 11.5. The second kappa shape index (κ2) is 7.17. The molecule has 0 amide bonds. The minimum Gasteiger partial charge on any atom is -0.488 e. The van der Waals surface area contributed by atoms with Crippen molar-refractivity contribution in [3.8, 4) is 11.5 Å². The predicted molar refractivity (Wildman–Crippen MR) is 66.6 cm³/mol. The van der Waals surface area contributed by atoms with Crippen LogP contribution < -0.4 is 9.47 Å². The van der Waals surface area contributed by atoms with Crippen LogP contribution in [0.25, 0.3) is 0 Å². The fourth-order valence-electron chi connectivity index (χ4n) is 1.21. The number of carbonyl (C=O) groups excluding carboxylic acids is 1. The number of hydrogen-bond acceptors (Lipinski definition) is 4. The van der Waals surface area contributed by atoms with Crippen molar-refractivity contribution in [3.05, 3.63) is 17.2 Å². The van der Waals surface area contributed by atoms with Crippen LogP contribution in [-0.4, -0.2) is 25.2 Å². The summed E-state index contributed by atoms with van der Waals surface area (Å²) in [7, 11) is 0. The number of nitrogens with zero attached hydrogens (tertiary/aromatic N) is 1. The van der Waals surface area contributed by atoms with Crippen LogP contribution >= 0.6 is 23.2 Å². The monoisotopic (exact) mass is 275 g/mol. The summed E-state index contributed by atoms with van der Waals surface area (Å²) in [4.78, 5) is 13.7. The Kier molecular flexibility index (Phi) is 5.84. The molecule has 1 aromatic rings. The molecular formula is C11H11Cl2NO3. The SMILES string of the molecule is CCOc1c(Cl)cc(N=C=O)cc1OCCCl. The van der Waals surface area contributed by atoms with E-state index in [-0.39, 0.29) is 0 Å². The maximum absolute atomic E-state index is 10.2. The van der Waals surface area contributed by atoms with Gasteiger partial charge >= 0.3 is 0 Å². The Morgan fingerprint density at radius 3 is 2.76 bits per heavy atom. The molecule has 0 spiro atoms. The van der Waals surface area contributed by atoms with Crippen molar-refractivity contribution in [2.45, 2.75) is 6.92 Å². The van der Waals surface area contributed by atoms with Gasteiger partial charge in [-0.1, -0.05) is 11.6 Å². The number of ether oxygens (including phenoxy) is 2. The zero-order valence-electron chi connectivity index (χ0n) is 9.20. The quantitative estimate of drug-likeness (QED) is 0.455. The van der Waals surface area contributed by atoms with E-state index in [4.69, 9.17) is 32.7 Å². The number of alkyl halides is 1. The lowest BCUT2D eigenvalue weighted by Gasteiger charge is -2.13.